The summed E-state index contributed by atoms with van der Waals surface area (Å²) >= 11 is 0. The highest BCUT2D eigenvalue weighted by Crippen LogP contribution is 2.07. The first-order valence-corrected chi connectivity index (χ1v) is 6.12. The number of carbonyl (C=O) groups excluding carboxylic acids is 1. The summed E-state index contributed by atoms with van der Waals surface area (Å²) in [5.74, 6) is 0.764. The van der Waals surface area contributed by atoms with Gasteiger partial charge in [-0.3, -0.25) is 9.69 Å². The minimum Gasteiger partial charge on any atom is -0.383 e. The first-order chi connectivity index (χ1) is 7.63. The van der Waals surface area contributed by atoms with E-state index in [2.05, 4.69) is 18.7 Å². The van der Waals surface area contributed by atoms with Gasteiger partial charge in [0.2, 0.25) is 5.91 Å². The topological polar surface area (TPSA) is 32.8 Å². The number of amides is 1. The highest BCUT2D eigenvalue weighted by molar-refractivity contribution is 5.76. The molecule has 1 amide bonds. The van der Waals surface area contributed by atoms with E-state index >= 15 is 0 Å². The van der Waals surface area contributed by atoms with Crippen LogP contribution in [0.15, 0.2) is 0 Å². The molecule has 4 nitrogen and oxygen atoms in total. The number of carbonyl (C=O) groups is 1. The standard InChI is InChI=1S/C12H24N2O2/c1-11(2)10-12(15)14-6-4-13(5-7-14)8-9-16-3/h11H,4-10H2,1-3H3. The molecule has 0 aromatic heterocycles. The molecule has 1 aliphatic heterocycles. The van der Waals surface area contributed by atoms with Crippen molar-refractivity contribution < 1.29 is 9.53 Å². The van der Waals surface area contributed by atoms with Crippen LogP contribution >= 0.6 is 0 Å². The van der Waals surface area contributed by atoms with Crippen LogP contribution in [0.5, 0.6) is 0 Å². The fourth-order valence-electron chi connectivity index (χ4n) is 1.92. The number of ether oxygens (including phenoxy) is 1. The highest BCUT2D eigenvalue weighted by Gasteiger charge is 2.20. The molecule has 16 heavy (non-hydrogen) atoms. The first-order valence-electron chi connectivity index (χ1n) is 6.12. The zero-order valence-corrected chi connectivity index (χ0v) is 10.7. The molecule has 0 aliphatic carbocycles. The molecular formula is C12H24N2O2. The van der Waals surface area contributed by atoms with Crippen molar-refractivity contribution in [3.05, 3.63) is 0 Å². The van der Waals surface area contributed by atoms with Crippen LogP contribution in [0.25, 0.3) is 0 Å². The molecule has 1 saturated heterocycles. The molecule has 0 bridgehead atoms. The van der Waals surface area contributed by atoms with Crippen molar-refractivity contribution in [1.82, 2.24) is 9.80 Å². The number of piperazine rings is 1. The summed E-state index contributed by atoms with van der Waals surface area (Å²) in [6.45, 7) is 9.63. The summed E-state index contributed by atoms with van der Waals surface area (Å²) in [7, 11) is 1.72. The molecule has 0 spiro atoms. The second kappa shape index (κ2) is 6.86. The van der Waals surface area contributed by atoms with Crippen LogP contribution in [-0.4, -0.2) is 62.1 Å². The lowest BCUT2D eigenvalue weighted by Gasteiger charge is -2.34. The van der Waals surface area contributed by atoms with Crippen molar-refractivity contribution in [2.75, 3.05) is 46.4 Å². The molecule has 0 aromatic carbocycles. The van der Waals surface area contributed by atoms with Crippen LogP contribution in [0.3, 0.4) is 0 Å². The van der Waals surface area contributed by atoms with E-state index in [0.717, 1.165) is 39.3 Å². The smallest absolute Gasteiger partial charge is 0.222 e. The van der Waals surface area contributed by atoms with Gasteiger partial charge in [-0.2, -0.15) is 0 Å². The van der Waals surface area contributed by atoms with Crippen molar-refractivity contribution in [3.8, 4) is 0 Å². The fraction of sp³-hybridized carbons (Fsp3) is 0.917. The summed E-state index contributed by atoms with van der Waals surface area (Å²) < 4.78 is 5.05. The number of rotatable bonds is 5. The normalized spacial score (nSPS) is 18.1. The van der Waals surface area contributed by atoms with E-state index in [4.69, 9.17) is 4.74 Å². The van der Waals surface area contributed by atoms with Crippen LogP contribution in [0.1, 0.15) is 20.3 Å². The highest BCUT2D eigenvalue weighted by atomic mass is 16.5. The van der Waals surface area contributed by atoms with Gasteiger partial charge in [0, 0.05) is 46.3 Å². The largest absolute Gasteiger partial charge is 0.383 e. The number of hydrogen-bond acceptors (Lipinski definition) is 3. The lowest BCUT2D eigenvalue weighted by Crippen LogP contribution is -2.49. The summed E-state index contributed by atoms with van der Waals surface area (Å²) in [6.07, 6.45) is 0.679. The minimum atomic E-state index is 0.307. The second-order valence-electron chi connectivity index (χ2n) is 4.81. The Hall–Kier alpha value is -0.610. The van der Waals surface area contributed by atoms with Gasteiger partial charge in [0.25, 0.3) is 0 Å². The second-order valence-corrected chi connectivity index (χ2v) is 4.81. The molecule has 4 heteroatoms. The zero-order chi connectivity index (χ0) is 12.0. The Labute approximate surface area is 98.5 Å². The third-order valence-corrected chi connectivity index (χ3v) is 2.92. The van der Waals surface area contributed by atoms with Crippen LogP contribution in [0.4, 0.5) is 0 Å². The maximum Gasteiger partial charge on any atom is 0.222 e. The Kier molecular flexibility index (Phi) is 5.77. The average molecular weight is 228 g/mol. The summed E-state index contributed by atoms with van der Waals surface area (Å²) in [4.78, 5) is 16.2. The predicted molar refractivity (Wildman–Crippen MR) is 64.4 cm³/mol. The molecule has 0 saturated carbocycles. The molecule has 1 fully saturated rings. The Balaban J connectivity index is 2.23. The Bertz CT molecular complexity index is 211. The summed E-state index contributed by atoms with van der Waals surface area (Å²) in [5.41, 5.74) is 0. The van der Waals surface area contributed by atoms with Crippen LogP contribution in [0.2, 0.25) is 0 Å². The van der Waals surface area contributed by atoms with Gasteiger partial charge in [0.15, 0.2) is 0 Å². The number of methoxy groups -OCH3 is 1. The molecule has 1 rings (SSSR count). The van der Waals surface area contributed by atoms with Gasteiger partial charge in [-0.1, -0.05) is 13.8 Å². The van der Waals surface area contributed by atoms with Crippen LogP contribution in [0, 0.1) is 5.92 Å². The third kappa shape index (κ3) is 4.49. The zero-order valence-electron chi connectivity index (χ0n) is 10.7. The van der Waals surface area contributed by atoms with E-state index in [9.17, 15) is 4.79 Å². The maximum absolute atomic E-state index is 11.8. The minimum absolute atomic E-state index is 0.307. The van der Waals surface area contributed by atoms with Gasteiger partial charge in [-0.05, 0) is 5.92 Å². The summed E-state index contributed by atoms with van der Waals surface area (Å²) in [5, 5.41) is 0. The lowest BCUT2D eigenvalue weighted by molar-refractivity contribution is -0.133. The monoisotopic (exact) mass is 228 g/mol. The van der Waals surface area contributed by atoms with Gasteiger partial charge in [-0.15, -0.1) is 0 Å². The molecule has 0 N–H and O–H groups in total. The molecule has 0 radical (unpaired) electrons. The van der Waals surface area contributed by atoms with Crippen LogP contribution < -0.4 is 0 Å². The van der Waals surface area contributed by atoms with Gasteiger partial charge in [0.05, 0.1) is 6.61 Å². The van der Waals surface area contributed by atoms with Gasteiger partial charge < -0.3 is 9.64 Å². The Morgan fingerprint density at radius 1 is 1.25 bits per heavy atom. The van der Waals surface area contributed by atoms with Gasteiger partial charge in [0.1, 0.15) is 0 Å². The van der Waals surface area contributed by atoms with E-state index in [1.165, 1.54) is 0 Å². The molecule has 0 unspecified atom stereocenters. The molecule has 0 aromatic rings. The number of hydrogen-bond donors (Lipinski definition) is 0. The quantitative estimate of drug-likeness (QED) is 0.698. The predicted octanol–water partition coefficient (Wildman–Crippen LogP) is 0.823. The lowest BCUT2D eigenvalue weighted by atomic mass is 10.1. The van der Waals surface area contributed by atoms with Crippen molar-refractivity contribution in [2.24, 2.45) is 5.92 Å². The van der Waals surface area contributed by atoms with Gasteiger partial charge in [-0.25, -0.2) is 0 Å². The van der Waals surface area contributed by atoms with Crippen molar-refractivity contribution in [3.63, 3.8) is 0 Å². The SMILES string of the molecule is COCCN1CCN(C(=O)CC(C)C)CC1. The molecule has 0 atom stereocenters. The van der Waals surface area contributed by atoms with E-state index in [0.29, 0.717) is 18.2 Å². The molecule has 1 heterocycles. The van der Waals surface area contributed by atoms with E-state index in [1.54, 1.807) is 7.11 Å². The summed E-state index contributed by atoms with van der Waals surface area (Å²) in [6, 6.07) is 0. The molecule has 94 valence electrons. The van der Waals surface area contributed by atoms with Gasteiger partial charge >= 0.3 is 0 Å². The Morgan fingerprint density at radius 2 is 1.88 bits per heavy atom. The van der Waals surface area contributed by atoms with Crippen LogP contribution in [-0.2, 0) is 9.53 Å². The van der Waals surface area contributed by atoms with E-state index < -0.39 is 0 Å². The first kappa shape index (κ1) is 13.5. The third-order valence-electron chi connectivity index (χ3n) is 2.92. The van der Waals surface area contributed by atoms with Crippen molar-refractivity contribution in [2.45, 2.75) is 20.3 Å². The molecular weight excluding hydrogens is 204 g/mol. The van der Waals surface area contributed by atoms with Crippen molar-refractivity contribution >= 4 is 5.91 Å². The molecule has 1 aliphatic rings. The fourth-order valence-corrected chi connectivity index (χ4v) is 1.92. The number of nitrogens with zero attached hydrogens (tertiary/aromatic N) is 2. The van der Waals surface area contributed by atoms with E-state index in [1.807, 2.05) is 4.90 Å². The average Bonchev–Trinajstić information content (AvgIpc) is 2.26. The van der Waals surface area contributed by atoms with E-state index in [-0.39, 0.29) is 0 Å². The maximum atomic E-state index is 11.8. The van der Waals surface area contributed by atoms with Crippen molar-refractivity contribution in [1.29, 1.82) is 0 Å². The Morgan fingerprint density at radius 3 is 2.38 bits per heavy atom.